The van der Waals surface area contributed by atoms with Crippen molar-refractivity contribution in [3.8, 4) is 11.1 Å². The number of aromatic nitrogens is 1. The zero-order chi connectivity index (χ0) is 15.3. The molecule has 0 aliphatic carbocycles. The molecule has 2 heterocycles. The van der Waals surface area contributed by atoms with Gasteiger partial charge in [0.1, 0.15) is 5.69 Å². The molecule has 1 amide bonds. The van der Waals surface area contributed by atoms with Gasteiger partial charge in [0.2, 0.25) is 0 Å². The van der Waals surface area contributed by atoms with Crippen molar-refractivity contribution in [2.24, 2.45) is 0 Å². The summed E-state index contributed by atoms with van der Waals surface area (Å²) in [6, 6.07) is 14.0. The lowest BCUT2D eigenvalue weighted by atomic mass is 10.0. The Labute approximate surface area is 135 Å². The lowest BCUT2D eigenvalue weighted by Gasteiger charge is -2.18. The molecule has 1 aliphatic rings. The molecule has 5 heteroatoms. The molecule has 1 unspecified atom stereocenters. The molecule has 0 saturated carbocycles. The van der Waals surface area contributed by atoms with Crippen LogP contribution in [0.15, 0.2) is 42.5 Å². The summed E-state index contributed by atoms with van der Waals surface area (Å²) in [5, 5.41) is 5.80. The van der Waals surface area contributed by atoms with Crippen molar-refractivity contribution in [1.29, 1.82) is 0 Å². The largest absolute Gasteiger partial charge is 0.349 e. The molecule has 3 aromatic rings. The van der Waals surface area contributed by atoms with Crippen LogP contribution in [0.1, 0.15) is 10.5 Å². The summed E-state index contributed by atoms with van der Waals surface area (Å²) in [5.41, 5.74) is 4.07. The van der Waals surface area contributed by atoms with Crippen LogP contribution >= 0.6 is 20.8 Å². The zero-order valence-corrected chi connectivity index (χ0v) is 13.7. The molecule has 110 valence electrons. The Bertz CT molecular complexity index is 899. The number of fused-ring (bicyclic) bond motifs is 3. The fraction of sp³-hybridized carbons (Fsp3) is 0.118. The highest BCUT2D eigenvalue weighted by molar-refractivity contribution is 7.27. The molecular formula is C17H14ClN2OP. The zero-order valence-electron chi connectivity index (χ0n) is 11.8. The number of hydrogen-bond acceptors (Lipinski definition) is 1. The van der Waals surface area contributed by atoms with E-state index in [9.17, 15) is 4.79 Å². The maximum absolute atomic E-state index is 12.1. The van der Waals surface area contributed by atoms with Crippen molar-refractivity contribution >= 4 is 43.0 Å². The summed E-state index contributed by atoms with van der Waals surface area (Å²) < 4.78 is 2.11. The molecular weight excluding hydrogens is 315 g/mol. The first-order valence-corrected chi connectivity index (χ1v) is 8.06. The van der Waals surface area contributed by atoms with Crippen LogP contribution in [0.5, 0.6) is 0 Å². The van der Waals surface area contributed by atoms with Crippen molar-refractivity contribution in [3.05, 3.63) is 53.2 Å². The van der Waals surface area contributed by atoms with E-state index in [1.807, 2.05) is 30.3 Å². The van der Waals surface area contributed by atoms with Gasteiger partial charge in [0, 0.05) is 29.1 Å². The van der Waals surface area contributed by atoms with E-state index in [1.54, 1.807) is 0 Å². The molecule has 2 aromatic carbocycles. The summed E-state index contributed by atoms with van der Waals surface area (Å²) in [7, 11) is 2.74. The van der Waals surface area contributed by atoms with Gasteiger partial charge in [0.25, 0.3) is 5.91 Å². The molecule has 0 spiro atoms. The van der Waals surface area contributed by atoms with Gasteiger partial charge >= 0.3 is 0 Å². The molecule has 0 saturated heterocycles. The van der Waals surface area contributed by atoms with E-state index in [1.165, 1.54) is 0 Å². The topological polar surface area (TPSA) is 34.0 Å². The second kappa shape index (κ2) is 5.12. The number of amides is 1. The summed E-state index contributed by atoms with van der Waals surface area (Å²) in [4.78, 5) is 12.1. The Morgan fingerprint density at radius 1 is 1.14 bits per heavy atom. The summed E-state index contributed by atoms with van der Waals surface area (Å²) in [6.07, 6.45) is 0. The SMILES string of the molecule is O=C1NCCn2c1cc1cc(P)cc(-c3ccc(Cl)cc3)c12. The Kier molecular flexibility index (Phi) is 3.21. The first-order chi connectivity index (χ1) is 10.6. The van der Waals surface area contributed by atoms with Crippen LogP contribution in [0.2, 0.25) is 5.02 Å². The highest BCUT2D eigenvalue weighted by Gasteiger charge is 2.21. The van der Waals surface area contributed by atoms with Gasteiger partial charge in [0.05, 0.1) is 5.52 Å². The minimum absolute atomic E-state index is 0.00480. The third-order valence-corrected chi connectivity index (χ3v) is 4.61. The number of carbonyl (C=O) groups is 1. The second-order valence-corrected chi connectivity index (χ2v) is 6.55. The van der Waals surface area contributed by atoms with Gasteiger partial charge in [-0.05, 0) is 41.2 Å². The molecule has 0 fully saturated rings. The summed E-state index contributed by atoms with van der Waals surface area (Å²) in [5.74, 6) is -0.00480. The van der Waals surface area contributed by atoms with Gasteiger partial charge in [-0.1, -0.05) is 23.7 Å². The molecule has 1 aromatic heterocycles. The first-order valence-electron chi connectivity index (χ1n) is 7.10. The van der Waals surface area contributed by atoms with Gasteiger partial charge in [-0.3, -0.25) is 4.79 Å². The lowest BCUT2D eigenvalue weighted by molar-refractivity contribution is 0.0929. The molecule has 22 heavy (non-hydrogen) atoms. The van der Waals surface area contributed by atoms with E-state index in [-0.39, 0.29) is 5.91 Å². The predicted molar refractivity (Wildman–Crippen MR) is 94.1 cm³/mol. The molecule has 1 aliphatic heterocycles. The Morgan fingerprint density at radius 2 is 1.91 bits per heavy atom. The number of nitrogens with one attached hydrogen (secondary N) is 1. The van der Waals surface area contributed by atoms with E-state index < -0.39 is 0 Å². The van der Waals surface area contributed by atoms with Gasteiger partial charge in [-0.25, -0.2) is 0 Å². The Hall–Kier alpha value is -1.83. The second-order valence-electron chi connectivity index (χ2n) is 5.45. The van der Waals surface area contributed by atoms with Crippen LogP contribution in [0, 0.1) is 0 Å². The van der Waals surface area contributed by atoms with Crippen molar-refractivity contribution in [2.45, 2.75) is 6.54 Å². The van der Waals surface area contributed by atoms with E-state index in [4.69, 9.17) is 11.6 Å². The molecule has 4 rings (SSSR count). The number of benzene rings is 2. The molecule has 3 nitrogen and oxygen atoms in total. The molecule has 1 atom stereocenters. The van der Waals surface area contributed by atoms with Gasteiger partial charge in [-0.15, -0.1) is 9.24 Å². The van der Waals surface area contributed by atoms with Crippen molar-refractivity contribution < 1.29 is 4.79 Å². The van der Waals surface area contributed by atoms with Crippen LogP contribution in [0.3, 0.4) is 0 Å². The maximum Gasteiger partial charge on any atom is 0.268 e. The fourth-order valence-corrected chi connectivity index (χ4v) is 3.55. The van der Waals surface area contributed by atoms with Crippen molar-refractivity contribution in [2.75, 3.05) is 6.54 Å². The molecule has 1 N–H and O–H groups in total. The van der Waals surface area contributed by atoms with Gasteiger partial charge in [0.15, 0.2) is 0 Å². The number of carbonyl (C=O) groups excluding carboxylic acids is 1. The standard InChI is InChI=1S/C17H14ClN2OP/c18-12-3-1-10(2-4-12)14-9-13(22)7-11-8-15-17(21)19-5-6-20(15)16(11)14/h1-4,7-9H,5-6,22H2,(H,19,21). The summed E-state index contributed by atoms with van der Waals surface area (Å²) in [6.45, 7) is 1.46. The van der Waals surface area contributed by atoms with Crippen LogP contribution in [0.25, 0.3) is 22.0 Å². The fourth-order valence-electron chi connectivity index (χ4n) is 3.08. The van der Waals surface area contributed by atoms with Crippen molar-refractivity contribution in [1.82, 2.24) is 9.88 Å². The van der Waals surface area contributed by atoms with E-state index >= 15 is 0 Å². The third-order valence-electron chi connectivity index (χ3n) is 4.02. The Morgan fingerprint density at radius 3 is 2.68 bits per heavy atom. The number of rotatable bonds is 1. The monoisotopic (exact) mass is 328 g/mol. The minimum Gasteiger partial charge on any atom is -0.349 e. The van der Waals surface area contributed by atoms with Gasteiger partial charge < -0.3 is 9.88 Å². The highest BCUT2D eigenvalue weighted by atomic mass is 35.5. The molecule has 0 radical (unpaired) electrons. The number of hydrogen-bond donors (Lipinski definition) is 1. The normalized spacial score (nSPS) is 14.0. The average Bonchev–Trinajstić information content (AvgIpc) is 2.87. The predicted octanol–water partition coefficient (Wildman–Crippen LogP) is 3.21. The quantitative estimate of drug-likeness (QED) is 0.684. The highest BCUT2D eigenvalue weighted by Crippen LogP contribution is 2.32. The number of halogens is 1. The average molecular weight is 329 g/mol. The van der Waals surface area contributed by atoms with Gasteiger partial charge in [-0.2, -0.15) is 0 Å². The first kappa shape index (κ1) is 13.8. The van der Waals surface area contributed by atoms with Crippen LogP contribution < -0.4 is 10.6 Å². The van der Waals surface area contributed by atoms with Crippen LogP contribution in [-0.4, -0.2) is 17.0 Å². The van der Waals surface area contributed by atoms with E-state index in [0.29, 0.717) is 6.54 Å². The summed E-state index contributed by atoms with van der Waals surface area (Å²) >= 11 is 6.00. The molecule has 0 bridgehead atoms. The smallest absolute Gasteiger partial charge is 0.268 e. The third kappa shape index (κ3) is 2.13. The van der Waals surface area contributed by atoms with Crippen LogP contribution in [-0.2, 0) is 6.54 Å². The van der Waals surface area contributed by atoms with E-state index in [2.05, 4.69) is 31.3 Å². The van der Waals surface area contributed by atoms with Crippen molar-refractivity contribution in [3.63, 3.8) is 0 Å². The minimum atomic E-state index is -0.00480. The number of nitrogens with zero attached hydrogens (tertiary/aromatic N) is 1. The lowest BCUT2D eigenvalue weighted by Crippen LogP contribution is -2.34. The van der Waals surface area contributed by atoms with Crippen LogP contribution in [0.4, 0.5) is 0 Å². The van der Waals surface area contributed by atoms with E-state index in [0.717, 1.165) is 44.6 Å². The maximum atomic E-state index is 12.1. The Balaban J connectivity index is 2.05.